The third kappa shape index (κ3) is 8.82. The van der Waals surface area contributed by atoms with Crippen molar-refractivity contribution in [1.82, 2.24) is 15.0 Å². The number of allylic oxidation sites excluding steroid dienone is 1. The zero-order valence-electron chi connectivity index (χ0n) is 33.5. The molecule has 0 saturated carbocycles. The van der Waals surface area contributed by atoms with Gasteiger partial charge in [0.15, 0.2) is 5.60 Å². The summed E-state index contributed by atoms with van der Waals surface area (Å²) in [6, 6.07) is 35.3. The van der Waals surface area contributed by atoms with Gasteiger partial charge in [0.05, 0.1) is 44.7 Å². The third-order valence-corrected chi connectivity index (χ3v) is 10.7. The highest BCUT2D eigenvalue weighted by atomic mass is 16.5. The van der Waals surface area contributed by atoms with E-state index in [9.17, 15) is 24.6 Å². The quantitative estimate of drug-likeness (QED) is 0.0758. The predicted molar refractivity (Wildman–Crippen MR) is 228 cm³/mol. The zero-order chi connectivity index (χ0) is 42.2. The number of benzene rings is 5. The number of nitrogens with one attached hydrogen (secondary N) is 2. The number of aryl methyl sites for hydroxylation is 1. The number of aliphatic hydroxyl groups is 2. The second-order valence-corrected chi connectivity index (χ2v) is 14.5. The molecule has 7 rings (SSSR count). The van der Waals surface area contributed by atoms with Crippen LogP contribution in [0.5, 0.6) is 11.5 Å². The maximum absolute atomic E-state index is 14.5. The maximum Gasteiger partial charge on any atom is 0.264 e. The topological polar surface area (TPSA) is 168 Å². The Balaban J connectivity index is 1.11. The second-order valence-electron chi connectivity index (χ2n) is 14.5. The molecule has 2 heterocycles. The van der Waals surface area contributed by atoms with Crippen LogP contribution in [0.4, 0.5) is 17.1 Å². The van der Waals surface area contributed by atoms with Gasteiger partial charge in [-0.2, -0.15) is 0 Å². The Morgan fingerprint density at radius 1 is 0.817 bits per heavy atom. The number of methoxy groups -OCH3 is 2. The summed E-state index contributed by atoms with van der Waals surface area (Å²) in [4.78, 5) is 42.4. The molecule has 0 saturated heterocycles. The Labute approximate surface area is 347 Å². The number of carbonyl (C=O) groups is 3. The highest BCUT2D eigenvalue weighted by molar-refractivity contribution is 6.09. The van der Waals surface area contributed by atoms with Crippen LogP contribution < -0.4 is 25.0 Å². The smallest absolute Gasteiger partial charge is 0.264 e. The molecule has 13 nitrogen and oxygen atoms in total. The first-order valence-electron chi connectivity index (χ1n) is 19.5. The Morgan fingerprint density at radius 2 is 1.45 bits per heavy atom. The Kier molecular flexibility index (Phi) is 12.5. The molecular formula is C47H46N6O7. The predicted octanol–water partition coefficient (Wildman–Crippen LogP) is 6.94. The molecule has 4 N–H and O–H groups in total. The van der Waals surface area contributed by atoms with Crippen LogP contribution in [0.2, 0.25) is 0 Å². The SMILES string of the molecule is COc1ccc(C(=O)Nc2cccc(CN3C(=O)[C@@](O)([C@@H](C)/C=C/CCn4cc(C(CO)c5ccccc5)nn4)c4cc(NC(=O)c5ccc(OC)cc5)ccc43)c2)cc1. The van der Waals surface area contributed by atoms with Gasteiger partial charge in [-0.1, -0.05) is 66.8 Å². The zero-order valence-corrected chi connectivity index (χ0v) is 33.5. The molecule has 13 heteroatoms. The molecule has 1 unspecified atom stereocenters. The average molecular weight is 807 g/mol. The molecule has 0 bridgehead atoms. The summed E-state index contributed by atoms with van der Waals surface area (Å²) < 4.78 is 12.1. The fourth-order valence-corrected chi connectivity index (χ4v) is 7.29. The minimum atomic E-state index is -1.99. The summed E-state index contributed by atoms with van der Waals surface area (Å²) in [5, 5.41) is 37.0. The van der Waals surface area contributed by atoms with Crippen molar-refractivity contribution >= 4 is 34.8 Å². The van der Waals surface area contributed by atoms with Crippen molar-refractivity contribution in [2.24, 2.45) is 5.92 Å². The number of carbonyl (C=O) groups excluding carboxylic acids is 3. The van der Waals surface area contributed by atoms with Gasteiger partial charge in [-0.25, -0.2) is 0 Å². The van der Waals surface area contributed by atoms with Gasteiger partial charge in [-0.05, 0) is 96.4 Å². The van der Waals surface area contributed by atoms with Crippen molar-refractivity contribution in [2.75, 3.05) is 36.4 Å². The molecule has 0 fully saturated rings. The monoisotopic (exact) mass is 806 g/mol. The number of fused-ring (bicyclic) bond motifs is 1. The molecule has 0 spiro atoms. The Bertz CT molecular complexity index is 2490. The lowest BCUT2D eigenvalue weighted by atomic mass is 9.82. The van der Waals surface area contributed by atoms with Gasteiger partial charge in [0.25, 0.3) is 17.7 Å². The van der Waals surface area contributed by atoms with E-state index in [1.807, 2.05) is 48.7 Å². The lowest BCUT2D eigenvalue weighted by Crippen LogP contribution is -2.44. The normalized spacial score (nSPS) is 15.7. The fourth-order valence-electron chi connectivity index (χ4n) is 7.29. The van der Waals surface area contributed by atoms with E-state index in [-0.39, 0.29) is 30.9 Å². The Morgan fingerprint density at radius 3 is 2.07 bits per heavy atom. The molecule has 1 aliphatic heterocycles. The summed E-state index contributed by atoms with van der Waals surface area (Å²) in [6.45, 7) is 2.25. The number of anilines is 3. The van der Waals surface area contributed by atoms with Crippen LogP contribution in [0.15, 0.2) is 140 Å². The van der Waals surface area contributed by atoms with Gasteiger partial charge >= 0.3 is 0 Å². The van der Waals surface area contributed by atoms with E-state index in [0.29, 0.717) is 69.5 Å². The van der Waals surface area contributed by atoms with Gasteiger partial charge in [-0.3, -0.25) is 19.1 Å². The summed E-state index contributed by atoms with van der Waals surface area (Å²) in [5.41, 5.74) is 2.97. The van der Waals surface area contributed by atoms with Gasteiger partial charge in [-0.15, -0.1) is 5.10 Å². The fraction of sp³-hybridized carbons (Fsp3) is 0.213. The summed E-state index contributed by atoms with van der Waals surface area (Å²) in [7, 11) is 3.11. The molecule has 0 radical (unpaired) electrons. The van der Waals surface area contributed by atoms with Gasteiger partial charge < -0.3 is 35.2 Å². The van der Waals surface area contributed by atoms with Gasteiger partial charge in [0.2, 0.25) is 0 Å². The number of hydrogen-bond donors (Lipinski definition) is 4. The minimum absolute atomic E-state index is 0.0980. The lowest BCUT2D eigenvalue weighted by molar-refractivity contribution is -0.139. The van der Waals surface area contributed by atoms with Crippen LogP contribution in [0.1, 0.15) is 62.4 Å². The van der Waals surface area contributed by atoms with Crippen molar-refractivity contribution in [3.05, 3.63) is 173 Å². The van der Waals surface area contributed by atoms with E-state index in [1.165, 1.54) is 4.90 Å². The number of rotatable bonds is 16. The van der Waals surface area contributed by atoms with Crippen molar-refractivity contribution in [1.29, 1.82) is 0 Å². The molecule has 6 aromatic rings. The van der Waals surface area contributed by atoms with Crippen LogP contribution in [0.25, 0.3) is 0 Å². The molecule has 5 aromatic carbocycles. The van der Waals surface area contributed by atoms with E-state index in [1.54, 1.807) is 117 Å². The lowest BCUT2D eigenvalue weighted by Gasteiger charge is -2.28. The van der Waals surface area contributed by atoms with Gasteiger partial charge in [0, 0.05) is 46.7 Å². The molecule has 60 heavy (non-hydrogen) atoms. The first-order chi connectivity index (χ1) is 29.1. The molecule has 1 aliphatic rings. The number of amides is 3. The number of hydrogen-bond acceptors (Lipinski definition) is 9. The van der Waals surface area contributed by atoms with E-state index in [4.69, 9.17) is 9.47 Å². The highest BCUT2D eigenvalue weighted by Gasteiger charge is 2.52. The summed E-state index contributed by atoms with van der Waals surface area (Å²) in [5.74, 6) is -0.941. The summed E-state index contributed by atoms with van der Waals surface area (Å²) in [6.07, 6.45) is 6.04. The second kappa shape index (κ2) is 18.2. The van der Waals surface area contributed by atoms with E-state index >= 15 is 0 Å². The van der Waals surface area contributed by atoms with Crippen LogP contribution >= 0.6 is 0 Å². The summed E-state index contributed by atoms with van der Waals surface area (Å²) >= 11 is 0. The molecule has 3 atom stereocenters. The standard InChI is InChI=1S/C47H46N6O7/c1-31(10-7-8-25-52-29-42(50-51-52)40(30-54)33-12-5-4-6-13-33)47(58)41-27-37(49-45(56)35-17-22-39(60-3)23-18-35)19-24-43(41)53(46(47)57)28-32-11-9-14-36(26-32)48-44(55)34-15-20-38(59-2)21-16-34/h4-7,9-24,26-27,29,31,40,54,58H,8,25,28,30H2,1-3H3,(H,48,55)(H,49,56)/b10-7+/t31-,40?,47+/m0/s1. The molecule has 3 amide bonds. The van der Waals surface area contributed by atoms with Crippen LogP contribution in [-0.4, -0.2) is 63.8 Å². The van der Waals surface area contributed by atoms with E-state index in [2.05, 4.69) is 20.9 Å². The van der Waals surface area contributed by atoms with Gasteiger partial charge in [0.1, 0.15) is 11.5 Å². The van der Waals surface area contributed by atoms with E-state index in [0.717, 1.165) is 5.56 Å². The minimum Gasteiger partial charge on any atom is -0.497 e. The first-order valence-corrected chi connectivity index (χ1v) is 19.5. The van der Waals surface area contributed by atoms with Crippen LogP contribution in [0, 0.1) is 5.92 Å². The van der Waals surface area contributed by atoms with Crippen molar-refractivity contribution in [2.45, 2.75) is 38.0 Å². The molecule has 1 aromatic heterocycles. The van der Waals surface area contributed by atoms with Crippen molar-refractivity contribution < 1.29 is 34.1 Å². The number of nitrogens with zero attached hydrogens (tertiary/aromatic N) is 4. The molecular weight excluding hydrogens is 761 g/mol. The van der Waals surface area contributed by atoms with Crippen molar-refractivity contribution in [3.63, 3.8) is 0 Å². The number of ether oxygens (including phenoxy) is 2. The third-order valence-electron chi connectivity index (χ3n) is 10.7. The molecule has 0 aliphatic carbocycles. The largest absolute Gasteiger partial charge is 0.497 e. The average Bonchev–Trinajstić information content (AvgIpc) is 3.83. The first kappa shape index (κ1) is 41.1. The number of aliphatic hydroxyl groups excluding tert-OH is 1. The van der Waals surface area contributed by atoms with Crippen LogP contribution in [-0.2, 0) is 23.5 Å². The maximum atomic E-state index is 14.5. The van der Waals surface area contributed by atoms with Crippen LogP contribution in [0.3, 0.4) is 0 Å². The van der Waals surface area contributed by atoms with Crippen molar-refractivity contribution in [3.8, 4) is 11.5 Å². The molecule has 306 valence electrons. The number of aromatic nitrogens is 3. The highest BCUT2D eigenvalue weighted by Crippen LogP contribution is 2.47. The Hall–Kier alpha value is -7.09. The van der Waals surface area contributed by atoms with E-state index < -0.39 is 17.4 Å².